The molecular weight excluding hydrogens is 356 g/mol. The maximum Gasteiger partial charge on any atom is 0.337 e. The summed E-state index contributed by atoms with van der Waals surface area (Å²) in [6.07, 6.45) is 1.51. The molecule has 1 aliphatic rings. The van der Waals surface area contributed by atoms with E-state index in [2.05, 4.69) is 0 Å². The van der Waals surface area contributed by atoms with Crippen LogP contribution in [-0.2, 0) is 22.6 Å². The van der Waals surface area contributed by atoms with E-state index in [4.69, 9.17) is 4.74 Å². The summed E-state index contributed by atoms with van der Waals surface area (Å²) in [4.78, 5) is 39.6. The topological polar surface area (TPSA) is 66.9 Å². The van der Waals surface area contributed by atoms with Crippen molar-refractivity contribution in [3.05, 3.63) is 70.8 Å². The smallest absolute Gasteiger partial charge is 0.337 e. The molecule has 0 radical (unpaired) electrons. The van der Waals surface area contributed by atoms with Gasteiger partial charge in [-0.15, -0.1) is 0 Å². The van der Waals surface area contributed by atoms with Gasteiger partial charge in [-0.05, 0) is 41.8 Å². The number of carbonyl (C=O) groups excluding carboxylic acids is 3. The molecule has 146 valence electrons. The Balaban J connectivity index is 1.65. The van der Waals surface area contributed by atoms with Gasteiger partial charge in [0.05, 0.1) is 12.7 Å². The summed E-state index contributed by atoms with van der Waals surface area (Å²) in [5, 5.41) is 0. The molecule has 0 spiro atoms. The highest BCUT2D eigenvalue weighted by molar-refractivity contribution is 5.94. The summed E-state index contributed by atoms with van der Waals surface area (Å²) in [7, 11) is 3.09. The van der Waals surface area contributed by atoms with Gasteiger partial charge in [-0.2, -0.15) is 0 Å². The fraction of sp³-hybridized carbons (Fsp3) is 0.318. The van der Waals surface area contributed by atoms with Crippen LogP contribution < -0.4 is 0 Å². The van der Waals surface area contributed by atoms with E-state index < -0.39 is 0 Å². The van der Waals surface area contributed by atoms with E-state index in [1.807, 2.05) is 35.2 Å². The molecule has 6 heteroatoms. The van der Waals surface area contributed by atoms with Gasteiger partial charge < -0.3 is 14.5 Å². The Morgan fingerprint density at radius 1 is 1.07 bits per heavy atom. The highest BCUT2D eigenvalue weighted by Crippen LogP contribution is 2.16. The second-order valence-corrected chi connectivity index (χ2v) is 6.97. The third-order valence-electron chi connectivity index (χ3n) is 4.86. The summed E-state index contributed by atoms with van der Waals surface area (Å²) < 4.78 is 4.69. The van der Waals surface area contributed by atoms with Crippen molar-refractivity contribution in [3.63, 3.8) is 0 Å². The Bertz CT molecular complexity index is 876. The first-order chi connectivity index (χ1) is 13.5. The molecule has 1 aliphatic heterocycles. The van der Waals surface area contributed by atoms with Gasteiger partial charge in [-0.1, -0.05) is 24.3 Å². The van der Waals surface area contributed by atoms with Crippen molar-refractivity contribution in [2.75, 3.05) is 20.7 Å². The van der Waals surface area contributed by atoms with E-state index in [1.54, 1.807) is 30.1 Å². The fourth-order valence-electron chi connectivity index (χ4n) is 3.32. The summed E-state index contributed by atoms with van der Waals surface area (Å²) in [6, 6.07) is 14.4. The van der Waals surface area contributed by atoms with Gasteiger partial charge in [0, 0.05) is 38.7 Å². The van der Waals surface area contributed by atoms with Crippen LogP contribution in [-0.4, -0.2) is 48.3 Å². The molecule has 0 atom stereocenters. The average Bonchev–Trinajstić information content (AvgIpc) is 3.12. The van der Waals surface area contributed by atoms with Gasteiger partial charge in [0.15, 0.2) is 0 Å². The zero-order chi connectivity index (χ0) is 20.1. The zero-order valence-electron chi connectivity index (χ0n) is 16.2. The quantitative estimate of drug-likeness (QED) is 0.723. The Kier molecular flexibility index (Phi) is 6.09. The first-order valence-electron chi connectivity index (χ1n) is 9.27. The number of rotatable bonds is 6. The molecule has 2 aromatic carbocycles. The number of nitrogens with zero attached hydrogens (tertiary/aromatic N) is 2. The SMILES string of the molecule is COC(=O)c1ccc(CN(C)C(=O)c2cccc(CN3CCCC3=O)c2)cc1. The monoisotopic (exact) mass is 380 g/mol. The lowest BCUT2D eigenvalue weighted by atomic mass is 10.1. The Morgan fingerprint density at radius 2 is 1.82 bits per heavy atom. The molecule has 0 N–H and O–H groups in total. The van der Waals surface area contributed by atoms with Gasteiger partial charge in [-0.25, -0.2) is 4.79 Å². The van der Waals surface area contributed by atoms with Gasteiger partial charge in [0.2, 0.25) is 5.91 Å². The van der Waals surface area contributed by atoms with Crippen LogP contribution in [0.4, 0.5) is 0 Å². The normalized spacial score (nSPS) is 13.5. The van der Waals surface area contributed by atoms with E-state index in [1.165, 1.54) is 7.11 Å². The predicted molar refractivity (Wildman–Crippen MR) is 105 cm³/mol. The third kappa shape index (κ3) is 4.57. The molecule has 3 rings (SSSR count). The summed E-state index contributed by atoms with van der Waals surface area (Å²) in [6.45, 7) is 1.74. The molecule has 0 bridgehead atoms. The summed E-state index contributed by atoms with van der Waals surface area (Å²) in [5.74, 6) is -0.305. The van der Waals surface area contributed by atoms with Crippen LogP contribution >= 0.6 is 0 Å². The summed E-state index contributed by atoms with van der Waals surface area (Å²) in [5.41, 5.74) is 2.95. The van der Waals surface area contributed by atoms with Crippen molar-refractivity contribution in [1.82, 2.24) is 9.80 Å². The van der Waals surface area contributed by atoms with Crippen molar-refractivity contribution >= 4 is 17.8 Å². The number of amides is 2. The third-order valence-corrected chi connectivity index (χ3v) is 4.86. The number of hydrogen-bond donors (Lipinski definition) is 0. The number of methoxy groups -OCH3 is 1. The molecule has 28 heavy (non-hydrogen) atoms. The van der Waals surface area contributed by atoms with Gasteiger partial charge in [0.25, 0.3) is 5.91 Å². The second-order valence-electron chi connectivity index (χ2n) is 6.97. The van der Waals surface area contributed by atoms with Crippen LogP contribution in [0.2, 0.25) is 0 Å². The van der Waals surface area contributed by atoms with Crippen molar-refractivity contribution in [3.8, 4) is 0 Å². The zero-order valence-corrected chi connectivity index (χ0v) is 16.2. The van der Waals surface area contributed by atoms with E-state index >= 15 is 0 Å². The number of ether oxygens (including phenoxy) is 1. The van der Waals surface area contributed by atoms with Crippen molar-refractivity contribution < 1.29 is 19.1 Å². The fourth-order valence-corrected chi connectivity index (χ4v) is 3.32. The Labute approximate surface area is 164 Å². The Morgan fingerprint density at radius 3 is 2.46 bits per heavy atom. The molecule has 1 fully saturated rings. The lowest BCUT2D eigenvalue weighted by molar-refractivity contribution is -0.128. The first kappa shape index (κ1) is 19.6. The van der Waals surface area contributed by atoms with Crippen LogP contribution in [0.1, 0.15) is 44.7 Å². The largest absolute Gasteiger partial charge is 0.465 e. The van der Waals surface area contributed by atoms with E-state index in [9.17, 15) is 14.4 Å². The van der Waals surface area contributed by atoms with Crippen molar-refractivity contribution in [1.29, 1.82) is 0 Å². The highest BCUT2D eigenvalue weighted by atomic mass is 16.5. The van der Waals surface area contributed by atoms with Crippen LogP contribution in [0.3, 0.4) is 0 Å². The molecule has 0 aliphatic carbocycles. The van der Waals surface area contributed by atoms with Crippen molar-refractivity contribution in [2.45, 2.75) is 25.9 Å². The van der Waals surface area contributed by atoms with Crippen LogP contribution in [0.15, 0.2) is 48.5 Å². The minimum Gasteiger partial charge on any atom is -0.465 e. The maximum atomic E-state index is 12.8. The van der Waals surface area contributed by atoms with Crippen LogP contribution in [0, 0.1) is 0 Å². The number of esters is 1. The highest BCUT2D eigenvalue weighted by Gasteiger charge is 2.20. The number of hydrogen-bond acceptors (Lipinski definition) is 4. The molecule has 1 heterocycles. The average molecular weight is 380 g/mol. The standard InChI is InChI=1S/C22H24N2O4/c1-23(14-16-8-10-18(11-9-16)22(27)28-2)21(26)19-6-3-5-17(13-19)15-24-12-4-7-20(24)25/h3,5-6,8-11,13H,4,7,12,14-15H2,1-2H3. The molecule has 6 nitrogen and oxygen atoms in total. The van der Waals surface area contributed by atoms with Gasteiger partial charge in [0.1, 0.15) is 0 Å². The first-order valence-corrected chi connectivity index (χ1v) is 9.27. The molecule has 0 unspecified atom stereocenters. The molecule has 2 aromatic rings. The van der Waals surface area contributed by atoms with Gasteiger partial charge >= 0.3 is 5.97 Å². The number of benzene rings is 2. The molecule has 1 saturated heterocycles. The summed E-state index contributed by atoms with van der Waals surface area (Å²) >= 11 is 0. The van der Waals surface area contributed by atoms with Crippen LogP contribution in [0.25, 0.3) is 0 Å². The number of likely N-dealkylation sites (tertiary alicyclic amines) is 1. The maximum absolute atomic E-state index is 12.8. The Hall–Kier alpha value is -3.15. The minimum atomic E-state index is -0.385. The lowest BCUT2D eigenvalue weighted by Crippen LogP contribution is -2.27. The number of carbonyl (C=O) groups is 3. The van der Waals surface area contributed by atoms with Gasteiger partial charge in [-0.3, -0.25) is 9.59 Å². The molecular formula is C22H24N2O4. The van der Waals surface area contributed by atoms with Crippen molar-refractivity contribution in [2.24, 2.45) is 0 Å². The van der Waals surface area contributed by atoms with Crippen LogP contribution in [0.5, 0.6) is 0 Å². The molecule has 2 amide bonds. The second kappa shape index (κ2) is 8.69. The van der Waals surface area contributed by atoms with E-state index in [0.717, 1.165) is 24.1 Å². The molecule has 0 aromatic heterocycles. The van der Waals surface area contributed by atoms with E-state index in [-0.39, 0.29) is 17.8 Å². The lowest BCUT2D eigenvalue weighted by Gasteiger charge is -2.19. The molecule has 0 saturated carbocycles. The predicted octanol–water partition coefficient (Wildman–Crippen LogP) is 2.87. The minimum absolute atomic E-state index is 0.0911. The van der Waals surface area contributed by atoms with E-state index in [0.29, 0.717) is 30.6 Å².